The second kappa shape index (κ2) is 5.50. The first-order chi connectivity index (χ1) is 9.33. The van der Waals surface area contributed by atoms with Crippen LogP contribution < -0.4 is 0 Å². The van der Waals surface area contributed by atoms with Crippen molar-refractivity contribution in [3.63, 3.8) is 0 Å². The van der Waals surface area contributed by atoms with Crippen molar-refractivity contribution in [2.45, 2.75) is 50.7 Å². The van der Waals surface area contributed by atoms with Crippen molar-refractivity contribution >= 4 is 19.6 Å². The number of hydrogen-bond donors (Lipinski definition) is 0. The summed E-state index contributed by atoms with van der Waals surface area (Å²) < 4.78 is 0. The van der Waals surface area contributed by atoms with E-state index in [0.717, 1.165) is 5.54 Å². The SMILES string of the molecule is CC[SiH](CC)[C@H]1CCc2ccc3ccccc3c2C1. The van der Waals surface area contributed by atoms with Gasteiger partial charge in [-0.15, -0.1) is 0 Å². The molecule has 0 bridgehead atoms. The Labute approximate surface area is 118 Å². The summed E-state index contributed by atoms with van der Waals surface area (Å²) >= 11 is 0. The van der Waals surface area contributed by atoms with Gasteiger partial charge in [-0.25, -0.2) is 0 Å². The van der Waals surface area contributed by atoms with E-state index in [1.165, 1.54) is 42.1 Å². The fourth-order valence-electron chi connectivity index (χ4n) is 3.92. The molecule has 0 unspecified atom stereocenters. The van der Waals surface area contributed by atoms with E-state index < -0.39 is 8.80 Å². The summed E-state index contributed by atoms with van der Waals surface area (Å²) in [5.41, 5.74) is 4.33. The number of rotatable bonds is 3. The van der Waals surface area contributed by atoms with Crippen LogP contribution in [0.25, 0.3) is 10.8 Å². The highest BCUT2D eigenvalue weighted by Gasteiger charge is 2.25. The van der Waals surface area contributed by atoms with Crippen molar-refractivity contribution in [1.29, 1.82) is 0 Å². The molecule has 0 saturated heterocycles. The highest BCUT2D eigenvalue weighted by molar-refractivity contribution is 6.60. The Hall–Kier alpha value is -1.08. The lowest BCUT2D eigenvalue weighted by Gasteiger charge is -2.30. The normalized spacial score (nSPS) is 18.8. The van der Waals surface area contributed by atoms with Crippen molar-refractivity contribution in [3.8, 4) is 0 Å². The second-order valence-electron chi connectivity index (χ2n) is 6.00. The molecule has 2 aromatic carbocycles. The van der Waals surface area contributed by atoms with Gasteiger partial charge >= 0.3 is 0 Å². The van der Waals surface area contributed by atoms with Crippen LogP contribution in [0.5, 0.6) is 0 Å². The van der Waals surface area contributed by atoms with Crippen LogP contribution in [0.1, 0.15) is 31.4 Å². The van der Waals surface area contributed by atoms with Crippen LogP contribution in [0.4, 0.5) is 0 Å². The molecule has 1 aliphatic carbocycles. The molecule has 3 rings (SSSR count). The molecular weight excluding hydrogens is 244 g/mol. The van der Waals surface area contributed by atoms with Gasteiger partial charge in [0.2, 0.25) is 0 Å². The largest absolute Gasteiger partial charge is 0.0680 e. The van der Waals surface area contributed by atoms with E-state index in [9.17, 15) is 0 Å². The lowest BCUT2D eigenvalue weighted by atomic mass is 9.87. The zero-order valence-corrected chi connectivity index (χ0v) is 13.3. The monoisotopic (exact) mass is 268 g/mol. The highest BCUT2D eigenvalue weighted by Crippen LogP contribution is 2.37. The van der Waals surface area contributed by atoms with E-state index in [4.69, 9.17) is 0 Å². The van der Waals surface area contributed by atoms with Crippen LogP contribution in [-0.2, 0) is 12.8 Å². The van der Waals surface area contributed by atoms with Crippen molar-refractivity contribution in [1.82, 2.24) is 0 Å². The molecule has 0 spiro atoms. The van der Waals surface area contributed by atoms with Crippen molar-refractivity contribution in [2.24, 2.45) is 0 Å². The Bertz CT molecular complexity index is 569. The third kappa shape index (κ3) is 2.36. The highest BCUT2D eigenvalue weighted by atomic mass is 28.3. The third-order valence-electron chi connectivity index (χ3n) is 5.10. The molecule has 0 radical (unpaired) electrons. The maximum absolute atomic E-state index is 2.42. The lowest BCUT2D eigenvalue weighted by molar-refractivity contribution is 0.669. The second-order valence-corrected chi connectivity index (χ2v) is 10.1. The van der Waals surface area contributed by atoms with Gasteiger partial charge in [0.15, 0.2) is 0 Å². The molecular formula is C18H24Si. The lowest BCUT2D eigenvalue weighted by Crippen LogP contribution is -2.24. The van der Waals surface area contributed by atoms with Crippen LogP contribution in [0.3, 0.4) is 0 Å². The summed E-state index contributed by atoms with van der Waals surface area (Å²) in [7, 11) is -0.513. The molecule has 0 aliphatic heterocycles. The van der Waals surface area contributed by atoms with E-state index >= 15 is 0 Å². The van der Waals surface area contributed by atoms with E-state index in [-0.39, 0.29) is 0 Å². The minimum atomic E-state index is -0.513. The molecule has 1 aliphatic rings. The molecule has 0 aromatic heterocycles. The number of fused-ring (bicyclic) bond motifs is 3. The molecule has 1 heteroatoms. The van der Waals surface area contributed by atoms with Crippen molar-refractivity contribution < 1.29 is 0 Å². The van der Waals surface area contributed by atoms with Crippen molar-refractivity contribution in [3.05, 3.63) is 47.5 Å². The first kappa shape index (κ1) is 12.9. The van der Waals surface area contributed by atoms with Crippen LogP contribution >= 0.6 is 0 Å². The molecule has 0 N–H and O–H groups in total. The van der Waals surface area contributed by atoms with Crippen LogP contribution in [-0.4, -0.2) is 8.80 Å². The minimum absolute atomic E-state index is 0.513. The molecule has 0 fully saturated rings. The van der Waals surface area contributed by atoms with Crippen LogP contribution in [0.2, 0.25) is 17.6 Å². The van der Waals surface area contributed by atoms with Gasteiger partial charge in [-0.05, 0) is 46.7 Å². The first-order valence-corrected chi connectivity index (χ1v) is 10.1. The molecule has 0 saturated carbocycles. The van der Waals surface area contributed by atoms with E-state index in [2.05, 4.69) is 50.2 Å². The van der Waals surface area contributed by atoms with Gasteiger partial charge in [0, 0.05) is 8.80 Å². The van der Waals surface area contributed by atoms with Gasteiger partial charge in [0.1, 0.15) is 0 Å². The molecule has 0 heterocycles. The number of benzene rings is 2. The van der Waals surface area contributed by atoms with Crippen LogP contribution in [0, 0.1) is 0 Å². The Morgan fingerprint density at radius 3 is 2.63 bits per heavy atom. The van der Waals surface area contributed by atoms with Gasteiger partial charge in [-0.1, -0.05) is 62.3 Å². The first-order valence-electron chi connectivity index (χ1n) is 7.83. The summed E-state index contributed by atoms with van der Waals surface area (Å²) in [6.45, 7) is 4.83. The summed E-state index contributed by atoms with van der Waals surface area (Å²) in [6, 6.07) is 16.6. The fourth-order valence-corrected chi connectivity index (χ4v) is 7.04. The summed E-state index contributed by atoms with van der Waals surface area (Å²) in [4.78, 5) is 0. The topological polar surface area (TPSA) is 0 Å². The molecule has 2 aromatic rings. The van der Waals surface area contributed by atoms with Crippen LogP contribution in [0.15, 0.2) is 36.4 Å². The average Bonchev–Trinajstić information content (AvgIpc) is 2.48. The molecule has 0 amide bonds. The van der Waals surface area contributed by atoms with Gasteiger partial charge in [0.05, 0.1) is 0 Å². The maximum Gasteiger partial charge on any atom is 0.0397 e. The predicted octanol–water partition coefficient (Wildman–Crippen LogP) is 4.97. The Kier molecular flexibility index (Phi) is 3.74. The fraction of sp³-hybridized carbons (Fsp3) is 0.444. The Balaban J connectivity index is 2.00. The van der Waals surface area contributed by atoms with E-state index in [1.54, 1.807) is 11.1 Å². The smallest absolute Gasteiger partial charge is 0.0397 e. The molecule has 19 heavy (non-hydrogen) atoms. The summed E-state index contributed by atoms with van der Waals surface area (Å²) in [5.74, 6) is 0. The van der Waals surface area contributed by atoms with Gasteiger partial charge in [0.25, 0.3) is 0 Å². The van der Waals surface area contributed by atoms with Gasteiger partial charge in [-0.2, -0.15) is 0 Å². The minimum Gasteiger partial charge on any atom is -0.0680 e. The zero-order chi connectivity index (χ0) is 13.2. The quantitative estimate of drug-likeness (QED) is 0.690. The van der Waals surface area contributed by atoms with Crippen molar-refractivity contribution in [2.75, 3.05) is 0 Å². The van der Waals surface area contributed by atoms with Gasteiger partial charge in [-0.3, -0.25) is 0 Å². The third-order valence-corrected chi connectivity index (χ3v) is 9.10. The molecule has 100 valence electrons. The standard InChI is InChI=1S/C18H24Si/c1-3-19(4-2)16-12-11-15-10-9-14-7-5-6-8-17(14)18(15)13-16/h5-10,16,19H,3-4,11-13H2,1-2H3/t16-/m0/s1. The zero-order valence-electron chi connectivity index (χ0n) is 12.2. The molecule has 1 atom stereocenters. The average molecular weight is 268 g/mol. The Morgan fingerprint density at radius 1 is 1.05 bits per heavy atom. The van der Waals surface area contributed by atoms with E-state index in [1.807, 2.05) is 0 Å². The van der Waals surface area contributed by atoms with E-state index in [0.29, 0.717) is 0 Å². The summed E-state index contributed by atoms with van der Waals surface area (Å²) in [6.07, 6.45) is 4.12. The number of aryl methyl sites for hydroxylation is 1. The summed E-state index contributed by atoms with van der Waals surface area (Å²) in [5, 5.41) is 2.94. The molecule has 0 nitrogen and oxygen atoms in total. The number of hydrogen-bond acceptors (Lipinski definition) is 0. The van der Waals surface area contributed by atoms with Gasteiger partial charge < -0.3 is 0 Å². The predicted molar refractivity (Wildman–Crippen MR) is 87.8 cm³/mol. The Morgan fingerprint density at radius 2 is 1.84 bits per heavy atom. The maximum atomic E-state index is 2.42.